The third-order valence-electron chi connectivity index (χ3n) is 4.54. The lowest BCUT2D eigenvalue weighted by Gasteiger charge is -2.06. The number of nitrogens with zero attached hydrogens (tertiary/aromatic N) is 7. The van der Waals surface area contributed by atoms with Crippen LogP contribution < -0.4 is 4.74 Å². The van der Waals surface area contributed by atoms with Gasteiger partial charge in [0.2, 0.25) is 0 Å². The molecule has 0 bridgehead atoms. The molecule has 0 amide bonds. The summed E-state index contributed by atoms with van der Waals surface area (Å²) in [6.45, 7) is 6.01. The molecule has 0 spiro atoms. The van der Waals surface area contributed by atoms with Gasteiger partial charge in [-0.15, -0.1) is 21.5 Å². The Kier molecular flexibility index (Phi) is 4.02. The highest BCUT2D eigenvalue weighted by Crippen LogP contribution is 2.33. The molecule has 0 saturated heterocycles. The van der Waals surface area contributed by atoms with Gasteiger partial charge in [0.25, 0.3) is 0 Å². The zero-order chi connectivity index (χ0) is 19.3. The van der Waals surface area contributed by atoms with Crippen LogP contribution in [-0.2, 0) is 6.42 Å². The Morgan fingerprint density at radius 3 is 2.81 bits per heavy atom. The molecule has 0 aromatic carbocycles. The fourth-order valence-corrected chi connectivity index (χ4v) is 4.21. The number of methoxy groups -OCH3 is 1. The summed E-state index contributed by atoms with van der Waals surface area (Å²) in [4.78, 5) is 21.9. The van der Waals surface area contributed by atoms with Crippen LogP contribution in [0.5, 0.6) is 5.88 Å². The molecule has 0 aliphatic heterocycles. The first-order chi connectivity index (χ1) is 12.9. The monoisotopic (exact) mass is 387 g/mol. The van der Waals surface area contributed by atoms with Crippen LogP contribution in [0.1, 0.15) is 36.2 Å². The van der Waals surface area contributed by atoms with Crippen molar-refractivity contribution in [3.8, 4) is 5.88 Å². The van der Waals surface area contributed by atoms with Crippen molar-refractivity contribution in [1.82, 2.24) is 29.4 Å². The lowest BCUT2D eigenvalue weighted by Crippen LogP contribution is -2.09. The Bertz CT molecular complexity index is 1180. The second-order valence-corrected chi connectivity index (χ2v) is 7.29. The Morgan fingerprint density at radius 1 is 1.41 bits per heavy atom. The van der Waals surface area contributed by atoms with Crippen LogP contribution in [0.2, 0.25) is 0 Å². The molecule has 11 heteroatoms. The van der Waals surface area contributed by atoms with Gasteiger partial charge in [0.05, 0.1) is 17.4 Å². The molecule has 27 heavy (non-hydrogen) atoms. The molecule has 1 atom stereocenters. The van der Waals surface area contributed by atoms with Gasteiger partial charge < -0.3 is 4.74 Å². The third kappa shape index (κ3) is 2.62. The minimum Gasteiger partial charge on any atom is -0.475 e. The number of thiophene rings is 1. The van der Waals surface area contributed by atoms with Crippen molar-refractivity contribution in [3.63, 3.8) is 0 Å². The molecule has 0 saturated carbocycles. The van der Waals surface area contributed by atoms with Gasteiger partial charge in [-0.1, -0.05) is 6.92 Å². The standard InChI is InChI=1S/C16H17N7O3S/c1-5-10-9(3)27-16-12(10)14-18-13(19-22(14)7-17-16)8(2)21-6-11(23(24)25)15(20-21)26-4/h6-8H,5H2,1-4H3. The summed E-state index contributed by atoms with van der Waals surface area (Å²) < 4.78 is 8.08. The van der Waals surface area contributed by atoms with Gasteiger partial charge in [-0.2, -0.15) is 0 Å². The predicted octanol–water partition coefficient (Wildman–Crippen LogP) is 2.93. The molecule has 4 rings (SSSR count). The van der Waals surface area contributed by atoms with E-state index in [1.54, 1.807) is 22.2 Å². The van der Waals surface area contributed by atoms with Crippen LogP contribution in [0.25, 0.3) is 15.9 Å². The van der Waals surface area contributed by atoms with E-state index in [4.69, 9.17) is 9.72 Å². The summed E-state index contributed by atoms with van der Waals surface area (Å²) in [5, 5.41) is 20.8. The molecule has 0 aliphatic carbocycles. The molecular formula is C16H17N7O3S. The topological polar surface area (TPSA) is 113 Å². The van der Waals surface area contributed by atoms with Crippen molar-refractivity contribution in [2.24, 2.45) is 0 Å². The Hall–Kier alpha value is -3.08. The van der Waals surface area contributed by atoms with Crippen LogP contribution in [0.3, 0.4) is 0 Å². The second-order valence-electron chi connectivity index (χ2n) is 6.09. The van der Waals surface area contributed by atoms with Crippen molar-refractivity contribution in [3.05, 3.63) is 38.9 Å². The smallest absolute Gasteiger partial charge is 0.350 e. The van der Waals surface area contributed by atoms with Crippen molar-refractivity contribution < 1.29 is 9.66 Å². The maximum absolute atomic E-state index is 11.1. The van der Waals surface area contributed by atoms with Gasteiger partial charge in [-0.05, 0) is 25.8 Å². The molecule has 0 fully saturated rings. The second kappa shape index (κ2) is 6.27. The molecule has 4 aromatic rings. The maximum atomic E-state index is 11.1. The zero-order valence-electron chi connectivity index (χ0n) is 15.2. The van der Waals surface area contributed by atoms with Crippen molar-refractivity contribution >= 4 is 32.9 Å². The number of aryl methyl sites for hydroxylation is 2. The van der Waals surface area contributed by atoms with E-state index in [0.29, 0.717) is 5.82 Å². The fraction of sp³-hybridized carbons (Fsp3) is 0.375. The largest absolute Gasteiger partial charge is 0.475 e. The van der Waals surface area contributed by atoms with Crippen LogP contribution >= 0.6 is 11.3 Å². The highest BCUT2D eigenvalue weighted by atomic mass is 32.1. The van der Waals surface area contributed by atoms with Crippen molar-refractivity contribution in [2.75, 3.05) is 7.11 Å². The van der Waals surface area contributed by atoms with E-state index in [1.165, 1.54) is 28.4 Å². The molecular weight excluding hydrogens is 370 g/mol. The van der Waals surface area contributed by atoms with Crippen molar-refractivity contribution in [2.45, 2.75) is 33.2 Å². The molecule has 0 radical (unpaired) electrons. The predicted molar refractivity (Wildman–Crippen MR) is 99.5 cm³/mol. The Balaban J connectivity index is 1.84. The van der Waals surface area contributed by atoms with Gasteiger partial charge in [-0.25, -0.2) is 14.5 Å². The number of ether oxygens (including phenoxy) is 1. The van der Waals surface area contributed by atoms with E-state index < -0.39 is 11.0 Å². The van der Waals surface area contributed by atoms with Gasteiger partial charge in [-0.3, -0.25) is 14.8 Å². The molecule has 10 nitrogen and oxygen atoms in total. The maximum Gasteiger partial charge on any atom is 0.350 e. The van der Waals surface area contributed by atoms with Crippen LogP contribution in [0, 0.1) is 17.0 Å². The first-order valence-electron chi connectivity index (χ1n) is 8.35. The molecule has 4 heterocycles. The lowest BCUT2D eigenvalue weighted by molar-refractivity contribution is -0.385. The quantitative estimate of drug-likeness (QED) is 0.382. The van der Waals surface area contributed by atoms with Crippen LogP contribution in [0.4, 0.5) is 5.69 Å². The van der Waals surface area contributed by atoms with E-state index in [9.17, 15) is 10.1 Å². The van der Waals surface area contributed by atoms with Crippen LogP contribution in [0.15, 0.2) is 12.5 Å². The highest BCUT2D eigenvalue weighted by Gasteiger charge is 2.25. The summed E-state index contributed by atoms with van der Waals surface area (Å²) in [7, 11) is 1.35. The molecule has 0 N–H and O–H groups in total. The fourth-order valence-electron chi connectivity index (χ4n) is 3.14. The SMILES string of the molecule is CCc1c(C)sc2ncn3nc(C(C)n4cc([N+](=O)[O-])c(OC)n4)nc3c12. The van der Waals surface area contributed by atoms with E-state index in [0.717, 1.165) is 22.3 Å². The number of aromatic nitrogens is 6. The first kappa shape index (κ1) is 17.3. The number of nitro groups is 1. The lowest BCUT2D eigenvalue weighted by atomic mass is 10.1. The molecule has 0 aliphatic rings. The minimum atomic E-state index is -0.527. The van der Waals surface area contributed by atoms with Crippen LogP contribution in [-0.4, -0.2) is 41.4 Å². The number of hydrogen-bond donors (Lipinski definition) is 0. The van der Waals surface area contributed by atoms with E-state index in [1.807, 2.05) is 6.92 Å². The summed E-state index contributed by atoms with van der Waals surface area (Å²) in [6.07, 6.45) is 3.85. The minimum absolute atomic E-state index is 0.0404. The summed E-state index contributed by atoms with van der Waals surface area (Å²) >= 11 is 1.64. The van der Waals surface area contributed by atoms with Gasteiger partial charge in [0, 0.05) is 4.88 Å². The molecule has 140 valence electrons. The Morgan fingerprint density at radius 2 is 2.19 bits per heavy atom. The first-order valence-corrected chi connectivity index (χ1v) is 9.17. The summed E-state index contributed by atoms with van der Waals surface area (Å²) in [6, 6.07) is -0.410. The normalized spacial score (nSPS) is 12.7. The zero-order valence-corrected chi connectivity index (χ0v) is 16.0. The van der Waals surface area contributed by atoms with Gasteiger partial charge in [0.15, 0.2) is 11.5 Å². The molecule has 1 unspecified atom stereocenters. The number of fused-ring (bicyclic) bond motifs is 3. The summed E-state index contributed by atoms with van der Waals surface area (Å²) in [5.41, 5.74) is 1.76. The van der Waals surface area contributed by atoms with E-state index >= 15 is 0 Å². The third-order valence-corrected chi connectivity index (χ3v) is 5.60. The average Bonchev–Trinajstić information content (AvgIpc) is 3.34. The number of hydrogen-bond acceptors (Lipinski definition) is 8. The van der Waals surface area contributed by atoms with Crippen molar-refractivity contribution in [1.29, 1.82) is 0 Å². The van der Waals surface area contributed by atoms with Gasteiger partial charge in [0.1, 0.15) is 23.4 Å². The highest BCUT2D eigenvalue weighted by molar-refractivity contribution is 7.18. The average molecular weight is 387 g/mol. The van der Waals surface area contributed by atoms with E-state index in [2.05, 4.69) is 29.0 Å². The Labute approximate surface area is 157 Å². The van der Waals surface area contributed by atoms with Gasteiger partial charge >= 0.3 is 11.6 Å². The summed E-state index contributed by atoms with van der Waals surface area (Å²) in [5.74, 6) is 0.455. The number of rotatable bonds is 5. The molecule has 4 aromatic heterocycles. The van der Waals surface area contributed by atoms with E-state index in [-0.39, 0.29) is 11.6 Å².